The summed E-state index contributed by atoms with van der Waals surface area (Å²) >= 11 is 0. The number of imide groups is 1. The van der Waals surface area contributed by atoms with E-state index in [-0.39, 0.29) is 35.5 Å². The Labute approximate surface area is 157 Å². The molecule has 1 aliphatic carbocycles. The summed E-state index contributed by atoms with van der Waals surface area (Å²) in [5, 5.41) is 2.82. The third kappa shape index (κ3) is 3.05. The molecule has 0 unspecified atom stereocenters. The zero-order chi connectivity index (χ0) is 19.0. The van der Waals surface area contributed by atoms with E-state index in [2.05, 4.69) is 5.32 Å². The second-order valence-corrected chi connectivity index (χ2v) is 7.03. The predicted octanol–water partition coefficient (Wildman–Crippen LogP) is 3.64. The summed E-state index contributed by atoms with van der Waals surface area (Å²) < 4.78 is 0. The highest BCUT2D eigenvalue weighted by Gasteiger charge is 2.50. The van der Waals surface area contributed by atoms with Crippen molar-refractivity contribution in [3.63, 3.8) is 0 Å². The van der Waals surface area contributed by atoms with E-state index < -0.39 is 0 Å². The van der Waals surface area contributed by atoms with E-state index in [4.69, 9.17) is 0 Å². The first-order valence-electron chi connectivity index (χ1n) is 9.07. The maximum atomic E-state index is 12.8. The Morgan fingerprint density at radius 1 is 1.00 bits per heavy atom. The number of nitrogens with one attached hydrogen (secondary N) is 1. The quantitative estimate of drug-likeness (QED) is 0.671. The van der Waals surface area contributed by atoms with Gasteiger partial charge in [-0.2, -0.15) is 0 Å². The summed E-state index contributed by atoms with van der Waals surface area (Å²) in [6.45, 7) is 1.98. The van der Waals surface area contributed by atoms with Crippen LogP contribution in [-0.2, 0) is 9.59 Å². The Kier molecular flexibility index (Phi) is 4.36. The molecule has 1 heterocycles. The summed E-state index contributed by atoms with van der Waals surface area (Å²) in [7, 11) is 0. The molecule has 136 valence electrons. The average molecular weight is 360 g/mol. The molecule has 5 heteroatoms. The SMILES string of the molecule is C[C@@H]1C=CC[C@@H]2C(=O)N(c3ccc(NC(=O)c4ccccc4)cc3)C(=O)[C@H]12. The van der Waals surface area contributed by atoms with E-state index in [9.17, 15) is 14.4 Å². The molecule has 1 saturated heterocycles. The molecule has 0 aromatic heterocycles. The molecule has 3 amide bonds. The first kappa shape index (κ1) is 17.2. The molecule has 2 aromatic carbocycles. The number of rotatable bonds is 3. The molecule has 3 atom stereocenters. The fourth-order valence-electron chi connectivity index (χ4n) is 3.89. The Hall–Kier alpha value is -3.21. The zero-order valence-corrected chi connectivity index (χ0v) is 15.0. The van der Waals surface area contributed by atoms with Crippen molar-refractivity contribution in [1.82, 2.24) is 0 Å². The number of benzene rings is 2. The molecular formula is C22H20N2O3. The van der Waals surface area contributed by atoms with E-state index in [0.29, 0.717) is 23.4 Å². The predicted molar refractivity (Wildman–Crippen MR) is 103 cm³/mol. The monoisotopic (exact) mass is 360 g/mol. The van der Waals surface area contributed by atoms with Crippen LogP contribution >= 0.6 is 0 Å². The normalized spacial score (nSPS) is 24.0. The number of hydrogen-bond acceptors (Lipinski definition) is 3. The highest BCUT2D eigenvalue weighted by molar-refractivity contribution is 6.22. The van der Waals surface area contributed by atoms with E-state index >= 15 is 0 Å². The lowest BCUT2D eigenvalue weighted by atomic mass is 9.78. The third-order valence-electron chi connectivity index (χ3n) is 5.29. The molecule has 27 heavy (non-hydrogen) atoms. The maximum Gasteiger partial charge on any atom is 0.255 e. The van der Waals surface area contributed by atoms with Gasteiger partial charge < -0.3 is 5.32 Å². The fourth-order valence-corrected chi connectivity index (χ4v) is 3.89. The molecule has 0 spiro atoms. The van der Waals surface area contributed by atoms with E-state index in [1.165, 1.54) is 4.90 Å². The summed E-state index contributed by atoms with van der Waals surface area (Å²) in [6.07, 6.45) is 4.61. The Balaban J connectivity index is 1.52. The average Bonchev–Trinajstić information content (AvgIpc) is 2.95. The Morgan fingerprint density at radius 3 is 2.37 bits per heavy atom. The minimum Gasteiger partial charge on any atom is -0.322 e. The van der Waals surface area contributed by atoms with Gasteiger partial charge in [-0.15, -0.1) is 0 Å². The van der Waals surface area contributed by atoms with Crippen LogP contribution in [-0.4, -0.2) is 17.7 Å². The molecule has 0 bridgehead atoms. The van der Waals surface area contributed by atoms with Crippen LogP contribution in [0, 0.1) is 17.8 Å². The number of hydrogen-bond donors (Lipinski definition) is 1. The van der Waals surface area contributed by atoms with Crippen molar-refractivity contribution >= 4 is 29.1 Å². The van der Waals surface area contributed by atoms with E-state index in [0.717, 1.165) is 0 Å². The Bertz CT molecular complexity index is 918. The van der Waals surface area contributed by atoms with Crippen molar-refractivity contribution in [1.29, 1.82) is 0 Å². The number of allylic oxidation sites excluding steroid dienone is 2. The number of carbonyl (C=O) groups is 3. The van der Waals surface area contributed by atoms with Crippen molar-refractivity contribution in [2.24, 2.45) is 17.8 Å². The van der Waals surface area contributed by atoms with Crippen LogP contribution in [0.15, 0.2) is 66.7 Å². The molecule has 0 radical (unpaired) electrons. The van der Waals surface area contributed by atoms with E-state index in [1.54, 1.807) is 48.5 Å². The zero-order valence-electron chi connectivity index (χ0n) is 15.0. The summed E-state index contributed by atoms with van der Waals surface area (Å²) in [6, 6.07) is 15.8. The topological polar surface area (TPSA) is 66.5 Å². The van der Waals surface area contributed by atoms with Gasteiger partial charge in [0.05, 0.1) is 17.5 Å². The molecular weight excluding hydrogens is 340 g/mol. The van der Waals surface area contributed by atoms with Crippen LogP contribution in [0.5, 0.6) is 0 Å². The summed E-state index contributed by atoms with van der Waals surface area (Å²) in [5.41, 5.74) is 1.72. The van der Waals surface area contributed by atoms with Gasteiger partial charge in [0.2, 0.25) is 11.8 Å². The van der Waals surface area contributed by atoms with Gasteiger partial charge in [0.15, 0.2) is 0 Å². The lowest BCUT2D eigenvalue weighted by Crippen LogP contribution is -2.31. The van der Waals surface area contributed by atoms with Crippen LogP contribution in [0.1, 0.15) is 23.7 Å². The van der Waals surface area contributed by atoms with Crippen LogP contribution < -0.4 is 10.2 Å². The number of nitrogens with zero attached hydrogens (tertiary/aromatic N) is 1. The van der Waals surface area contributed by atoms with Gasteiger partial charge in [0.1, 0.15) is 0 Å². The van der Waals surface area contributed by atoms with Crippen molar-refractivity contribution < 1.29 is 14.4 Å². The molecule has 2 aromatic rings. The lowest BCUT2D eigenvalue weighted by molar-refractivity contribution is -0.122. The highest BCUT2D eigenvalue weighted by Crippen LogP contribution is 2.40. The van der Waals surface area contributed by atoms with Gasteiger partial charge in [-0.05, 0) is 48.7 Å². The number of anilines is 2. The van der Waals surface area contributed by atoms with Crippen LogP contribution in [0.25, 0.3) is 0 Å². The maximum absolute atomic E-state index is 12.8. The van der Waals surface area contributed by atoms with Gasteiger partial charge in [0, 0.05) is 11.3 Å². The molecule has 2 aliphatic rings. The van der Waals surface area contributed by atoms with Gasteiger partial charge in [0.25, 0.3) is 5.91 Å². The molecule has 1 N–H and O–H groups in total. The molecule has 4 rings (SSSR count). The van der Waals surface area contributed by atoms with Crippen LogP contribution in [0.3, 0.4) is 0 Å². The van der Waals surface area contributed by atoms with Gasteiger partial charge in [-0.1, -0.05) is 37.3 Å². The van der Waals surface area contributed by atoms with Crippen molar-refractivity contribution in [3.05, 3.63) is 72.3 Å². The second kappa shape index (κ2) is 6.83. The summed E-state index contributed by atoms with van der Waals surface area (Å²) in [4.78, 5) is 39.1. The fraction of sp³-hybridized carbons (Fsp3) is 0.227. The first-order chi connectivity index (χ1) is 13.1. The minimum atomic E-state index is -0.278. The van der Waals surface area contributed by atoms with Crippen LogP contribution in [0.4, 0.5) is 11.4 Å². The molecule has 0 saturated carbocycles. The number of amides is 3. The smallest absolute Gasteiger partial charge is 0.255 e. The van der Waals surface area contributed by atoms with Crippen molar-refractivity contribution in [2.75, 3.05) is 10.2 Å². The van der Waals surface area contributed by atoms with Crippen molar-refractivity contribution in [2.45, 2.75) is 13.3 Å². The highest BCUT2D eigenvalue weighted by atomic mass is 16.2. The third-order valence-corrected chi connectivity index (χ3v) is 5.29. The molecule has 1 aliphatic heterocycles. The second-order valence-electron chi connectivity index (χ2n) is 7.03. The van der Waals surface area contributed by atoms with E-state index in [1.807, 2.05) is 25.1 Å². The van der Waals surface area contributed by atoms with Gasteiger partial charge in [-0.25, -0.2) is 0 Å². The van der Waals surface area contributed by atoms with Crippen LogP contribution in [0.2, 0.25) is 0 Å². The standard InChI is InChI=1S/C22H20N2O3/c1-14-6-5-9-18-19(14)22(27)24(21(18)26)17-12-10-16(11-13-17)23-20(25)15-7-3-2-4-8-15/h2-8,10-14,18-19H,9H2,1H3,(H,23,25)/t14-,18+,19-/m1/s1. The summed E-state index contributed by atoms with van der Waals surface area (Å²) in [5.74, 6) is -0.961. The first-order valence-corrected chi connectivity index (χ1v) is 9.07. The molecule has 5 nitrogen and oxygen atoms in total. The van der Waals surface area contributed by atoms with Gasteiger partial charge in [-0.3, -0.25) is 19.3 Å². The number of fused-ring (bicyclic) bond motifs is 1. The minimum absolute atomic E-state index is 0.0645. The van der Waals surface area contributed by atoms with Crippen molar-refractivity contribution in [3.8, 4) is 0 Å². The number of carbonyl (C=O) groups excluding carboxylic acids is 3. The lowest BCUT2D eigenvalue weighted by Gasteiger charge is -2.22. The Morgan fingerprint density at radius 2 is 1.70 bits per heavy atom. The van der Waals surface area contributed by atoms with Gasteiger partial charge >= 0.3 is 0 Å². The molecule has 1 fully saturated rings. The largest absolute Gasteiger partial charge is 0.322 e.